The Balaban J connectivity index is 0.00000110. The Hall–Kier alpha value is -1.65. The number of hydrogen-bond acceptors (Lipinski definition) is 6. The van der Waals surface area contributed by atoms with Crippen molar-refractivity contribution < 1.29 is 42.1 Å². The number of carbonyl (C=O) groups excluding carboxylic acids is 1. The van der Waals surface area contributed by atoms with Crippen LogP contribution in [0.15, 0.2) is 12.2 Å². The summed E-state index contributed by atoms with van der Waals surface area (Å²) in [4.78, 5) is 20.6. The topological polar surface area (TPSA) is 108 Å². The molecule has 0 saturated carbocycles. The van der Waals surface area contributed by atoms with Crippen LogP contribution in [0.2, 0.25) is 0 Å². The van der Waals surface area contributed by atoms with Crippen LogP contribution in [0.4, 0.5) is 13.2 Å². The third kappa shape index (κ3) is 12.7. The lowest BCUT2D eigenvalue weighted by Gasteiger charge is -2.39. The van der Waals surface area contributed by atoms with Gasteiger partial charge in [0.25, 0.3) is 0 Å². The number of hydrogen-bond donors (Lipinski definition) is 2. The molecule has 1 heterocycles. The summed E-state index contributed by atoms with van der Waals surface area (Å²) < 4.78 is 49.0. The zero-order chi connectivity index (χ0) is 23.9. The minimum absolute atomic E-state index is 0.127. The summed E-state index contributed by atoms with van der Waals surface area (Å²) in [5.74, 6) is -2.99. The molecule has 0 aliphatic carbocycles. The third-order valence-corrected chi connectivity index (χ3v) is 4.60. The molecule has 182 valence electrons. The van der Waals surface area contributed by atoms with Gasteiger partial charge in [-0.05, 0) is 19.8 Å². The maximum Gasteiger partial charge on any atom is 0.490 e. The highest BCUT2D eigenvalue weighted by Crippen LogP contribution is 2.26. The molecule has 4 atom stereocenters. The van der Waals surface area contributed by atoms with Gasteiger partial charge in [0, 0.05) is 12.5 Å². The lowest BCUT2D eigenvalue weighted by molar-refractivity contribution is -0.193. The Kier molecular flexibility index (Phi) is 15.2. The molecule has 0 spiro atoms. The van der Waals surface area contributed by atoms with E-state index in [-0.39, 0.29) is 24.7 Å². The zero-order valence-electron chi connectivity index (χ0n) is 18.5. The largest absolute Gasteiger partial charge is 0.490 e. The van der Waals surface area contributed by atoms with Gasteiger partial charge in [-0.3, -0.25) is 4.79 Å². The zero-order valence-corrected chi connectivity index (χ0v) is 18.5. The second-order valence-electron chi connectivity index (χ2n) is 7.29. The summed E-state index contributed by atoms with van der Waals surface area (Å²) in [6, 6.07) is 0. The SMILES string of the molecule is CCCCCCC/C=C\[C@@H]1OC[C@H](C)[C@H](OCC)[C@@H]1OC(=O)CN.O=C(O)C(F)(F)F. The molecule has 1 aliphatic rings. The van der Waals surface area contributed by atoms with Crippen LogP contribution in [-0.4, -0.2) is 61.3 Å². The van der Waals surface area contributed by atoms with Crippen LogP contribution >= 0.6 is 0 Å². The summed E-state index contributed by atoms with van der Waals surface area (Å²) in [5, 5.41) is 7.12. The number of unbranched alkanes of at least 4 members (excludes halogenated alkanes) is 5. The van der Waals surface area contributed by atoms with E-state index < -0.39 is 24.2 Å². The molecule has 0 aromatic carbocycles. The average Bonchev–Trinajstić information content (AvgIpc) is 2.71. The number of esters is 1. The first kappa shape index (κ1) is 29.4. The smallest absolute Gasteiger partial charge is 0.475 e. The van der Waals surface area contributed by atoms with E-state index in [0.717, 1.165) is 6.42 Å². The highest BCUT2D eigenvalue weighted by Gasteiger charge is 2.40. The number of carboxylic acid groups (broad SMARTS) is 1. The molecular formula is C21H36F3NO6. The number of ether oxygens (including phenoxy) is 3. The van der Waals surface area contributed by atoms with Crippen LogP contribution in [0.5, 0.6) is 0 Å². The van der Waals surface area contributed by atoms with Crippen molar-refractivity contribution in [3.8, 4) is 0 Å². The molecule has 1 saturated heterocycles. The van der Waals surface area contributed by atoms with Crippen molar-refractivity contribution in [2.24, 2.45) is 11.7 Å². The summed E-state index contributed by atoms with van der Waals surface area (Å²) in [5.41, 5.74) is 5.39. The Bertz CT molecular complexity index is 542. The number of alkyl halides is 3. The van der Waals surface area contributed by atoms with Gasteiger partial charge in [-0.15, -0.1) is 0 Å². The van der Waals surface area contributed by atoms with E-state index in [4.69, 9.17) is 29.8 Å². The fraction of sp³-hybridized carbons (Fsp3) is 0.810. The number of aliphatic carboxylic acids is 1. The molecule has 0 aromatic heterocycles. The van der Waals surface area contributed by atoms with Crippen molar-refractivity contribution in [1.29, 1.82) is 0 Å². The highest BCUT2D eigenvalue weighted by molar-refractivity contribution is 5.73. The van der Waals surface area contributed by atoms with Crippen LogP contribution in [-0.2, 0) is 23.8 Å². The molecular weight excluding hydrogens is 419 g/mol. The Labute approximate surface area is 182 Å². The summed E-state index contributed by atoms with van der Waals surface area (Å²) >= 11 is 0. The van der Waals surface area contributed by atoms with Gasteiger partial charge in [0.1, 0.15) is 12.2 Å². The number of halogens is 3. The predicted molar refractivity (Wildman–Crippen MR) is 109 cm³/mol. The quantitative estimate of drug-likeness (QED) is 0.277. The predicted octanol–water partition coefficient (Wildman–Crippen LogP) is 3.85. The molecule has 0 amide bonds. The molecule has 10 heteroatoms. The highest BCUT2D eigenvalue weighted by atomic mass is 19.4. The second kappa shape index (κ2) is 16.0. The fourth-order valence-corrected chi connectivity index (χ4v) is 3.01. The summed E-state index contributed by atoms with van der Waals surface area (Å²) in [6.07, 6.45) is 5.56. The normalized spacial score (nSPS) is 23.8. The van der Waals surface area contributed by atoms with Gasteiger partial charge in [0.05, 0.1) is 13.2 Å². The summed E-state index contributed by atoms with van der Waals surface area (Å²) in [6.45, 7) is 7.28. The molecule has 1 fully saturated rings. The van der Waals surface area contributed by atoms with Crippen molar-refractivity contribution in [3.63, 3.8) is 0 Å². The molecule has 1 rings (SSSR count). The monoisotopic (exact) mass is 455 g/mol. The van der Waals surface area contributed by atoms with Crippen molar-refractivity contribution in [3.05, 3.63) is 12.2 Å². The molecule has 0 bridgehead atoms. The number of carboxylic acids is 1. The van der Waals surface area contributed by atoms with Crippen molar-refractivity contribution in [1.82, 2.24) is 0 Å². The van der Waals surface area contributed by atoms with E-state index in [2.05, 4.69) is 19.9 Å². The molecule has 1 aliphatic heterocycles. The van der Waals surface area contributed by atoms with Crippen LogP contribution in [0.25, 0.3) is 0 Å². The first-order valence-corrected chi connectivity index (χ1v) is 10.7. The summed E-state index contributed by atoms with van der Waals surface area (Å²) in [7, 11) is 0. The maximum atomic E-state index is 11.7. The van der Waals surface area contributed by atoms with Gasteiger partial charge in [-0.2, -0.15) is 13.2 Å². The lowest BCUT2D eigenvalue weighted by Crippen LogP contribution is -2.52. The van der Waals surface area contributed by atoms with E-state index in [0.29, 0.717) is 13.2 Å². The number of rotatable bonds is 11. The van der Waals surface area contributed by atoms with Crippen LogP contribution in [0.3, 0.4) is 0 Å². The van der Waals surface area contributed by atoms with Crippen molar-refractivity contribution in [2.45, 2.75) is 83.8 Å². The minimum atomic E-state index is -5.08. The van der Waals surface area contributed by atoms with E-state index in [9.17, 15) is 18.0 Å². The molecule has 7 nitrogen and oxygen atoms in total. The lowest BCUT2D eigenvalue weighted by atomic mass is 9.92. The van der Waals surface area contributed by atoms with Crippen molar-refractivity contribution in [2.75, 3.05) is 19.8 Å². The van der Waals surface area contributed by atoms with Crippen LogP contribution in [0.1, 0.15) is 59.3 Å². The van der Waals surface area contributed by atoms with E-state index in [1.165, 1.54) is 32.1 Å². The van der Waals surface area contributed by atoms with Gasteiger partial charge >= 0.3 is 18.1 Å². The Morgan fingerprint density at radius 1 is 1.16 bits per heavy atom. The van der Waals surface area contributed by atoms with Gasteiger partial charge in [0.15, 0.2) is 6.10 Å². The Morgan fingerprint density at radius 3 is 2.29 bits per heavy atom. The molecule has 3 N–H and O–H groups in total. The van der Waals surface area contributed by atoms with E-state index in [1.54, 1.807) is 0 Å². The first-order chi connectivity index (χ1) is 14.6. The van der Waals surface area contributed by atoms with Gasteiger partial charge in [-0.1, -0.05) is 51.7 Å². The van der Waals surface area contributed by atoms with Crippen molar-refractivity contribution >= 4 is 11.9 Å². The Morgan fingerprint density at radius 2 is 1.77 bits per heavy atom. The number of allylic oxidation sites excluding steroid dienone is 1. The van der Waals surface area contributed by atoms with Gasteiger partial charge in [-0.25, -0.2) is 4.79 Å². The van der Waals surface area contributed by atoms with Crippen LogP contribution < -0.4 is 5.73 Å². The van der Waals surface area contributed by atoms with E-state index in [1.807, 2.05) is 13.0 Å². The number of nitrogens with two attached hydrogens (primary N) is 1. The second-order valence-corrected chi connectivity index (χ2v) is 7.29. The molecule has 31 heavy (non-hydrogen) atoms. The van der Waals surface area contributed by atoms with E-state index >= 15 is 0 Å². The standard InChI is InChI=1S/C19H35NO4.C2HF3O2/c1-4-6-7-8-9-10-11-12-16-19(24-17(21)13-20)18(22-5-2)15(3)14-23-16;3-2(4,5)1(6)7/h11-12,15-16,18-19H,4-10,13-14,20H2,1-3H3;(H,6,7)/b12-11-;/t15-,16-,18-,19+;/m0./s1. The molecule has 0 radical (unpaired) electrons. The number of carbonyl (C=O) groups is 2. The third-order valence-electron chi connectivity index (χ3n) is 4.60. The molecule has 0 unspecified atom stereocenters. The molecule has 0 aromatic rings. The average molecular weight is 456 g/mol. The first-order valence-electron chi connectivity index (χ1n) is 10.7. The minimum Gasteiger partial charge on any atom is -0.475 e. The van der Waals surface area contributed by atoms with Crippen LogP contribution in [0, 0.1) is 5.92 Å². The van der Waals surface area contributed by atoms with Gasteiger partial charge in [0.2, 0.25) is 0 Å². The maximum absolute atomic E-state index is 11.7. The van der Waals surface area contributed by atoms with Gasteiger partial charge < -0.3 is 25.1 Å². The fourth-order valence-electron chi connectivity index (χ4n) is 3.01.